The molecule has 0 bridgehead atoms. The number of fused-ring (bicyclic) bond motifs is 3. The van der Waals surface area contributed by atoms with E-state index in [0.29, 0.717) is 16.7 Å². The molecule has 1 unspecified atom stereocenters. The average Bonchev–Trinajstić information content (AvgIpc) is 3.56. The Balaban J connectivity index is 1.23. The first-order chi connectivity index (χ1) is 19.4. The molecule has 6 rings (SSSR count). The molecule has 0 spiro atoms. The van der Waals surface area contributed by atoms with Crippen LogP contribution in [0.15, 0.2) is 92.8 Å². The fourth-order valence-corrected chi connectivity index (χ4v) is 5.27. The van der Waals surface area contributed by atoms with Gasteiger partial charge in [0.1, 0.15) is 17.2 Å². The second-order valence-corrected chi connectivity index (χ2v) is 9.87. The Bertz CT molecular complexity index is 1950. The molecule has 3 aromatic heterocycles. The molecule has 0 aliphatic carbocycles. The number of aromatic amines is 1. The number of hydrogen-bond acceptors (Lipinski definition) is 5. The summed E-state index contributed by atoms with van der Waals surface area (Å²) in [5.74, 6) is -1.58. The zero-order valence-corrected chi connectivity index (χ0v) is 21.7. The third kappa shape index (κ3) is 4.64. The van der Waals surface area contributed by atoms with Crippen molar-refractivity contribution in [2.45, 2.75) is 32.2 Å². The molecule has 3 N–H and O–H groups in total. The van der Waals surface area contributed by atoms with Crippen LogP contribution in [0.5, 0.6) is 0 Å². The van der Waals surface area contributed by atoms with Crippen molar-refractivity contribution < 1.29 is 23.5 Å². The number of carboxylic acid groups (broad SMARTS) is 1. The fourth-order valence-electron chi connectivity index (χ4n) is 5.27. The van der Waals surface area contributed by atoms with E-state index in [1.165, 1.54) is 0 Å². The molecule has 6 aromatic rings. The van der Waals surface area contributed by atoms with E-state index in [4.69, 9.17) is 8.83 Å². The highest BCUT2D eigenvalue weighted by atomic mass is 16.4. The van der Waals surface area contributed by atoms with Crippen molar-refractivity contribution in [1.29, 1.82) is 0 Å². The number of H-pyrrole nitrogens is 1. The van der Waals surface area contributed by atoms with Gasteiger partial charge in [-0.05, 0) is 42.2 Å². The summed E-state index contributed by atoms with van der Waals surface area (Å²) in [6.45, 7) is 1.83. The summed E-state index contributed by atoms with van der Waals surface area (Å²) >= 11 is 0. The van der Waals surface area contributed by atoms with Gasteiger partial charge in [0.25, 0.3) is 0 Å². The van der Waals surface area contributed by atoms with Crippen LogP contribution in [0.2, 0.25) is 0 Å². The molecule has 1 amide bonds. The van der Waals surface area contributed by atoms with E-state index in [1.54, 1.807) is 18.5 Å². The number of carbonyl (C=O) groups excluding carboxylic acids is 1. The number of rotatable bonds is 8. The van der Waals surface area contributed by atoms with Crippen molar-refractivity contribution in [3.63, 3.8) is 0 Å². The number of benzene rings is 3. The first kappa shape index (κ1) is 25.2. The van der Waals surface area contributed by atoms with Crippen molar-refractivity contribution in [2.75, 3.05) is 0 Å². The number of aryl methyl sites for hydroxylation is 1. The Morgan fingerprint density at radius 1 is 0.975 bits per heavy atom. The summed E-state index contributed by atoms with van der Waals surface area (Å²) in [5, 5.41) is 14.9. The number of hydrogen-bond donors (Lipinski definition) is 3. The Labute approximate surface area is 228 Å². The van der Waals surface area contributed by atoms with Gasteiger partial charge in [0, 0.05) is 57.9 Å². The minimum atomic E-state index is -1.13. The summed E-state index contributed by atoms with van der Waals surface area (Å²) in [7, 11) is 0. The van der Waals surface area contributed by atoms with Crippen molar-refractivity contribution >= 4 is 44.7 Å². The van der Waals surface area contributed by atoms with Gasteiger partial charge < -0.3 is 24.2 Å². The van der Waals surface area contributed by atoms with Gasteiger partial charge in [-0.25, -0.2) is 9.59 Å². The quantitative estimate of drug-likeness (QED) is 0.214. The minimum absolute atomic E-state index is 0.0575. The van der Waals surface area contributed by atoms with E-state index in [-0.39, 0.29) is 19.3 Å². The van der Waals surface area contributed by atoms with Gasteiger partial charge in [0.15, 0.2) is 0 Å². The monoisotopic (exact) mass is 534 g/mol. The van der Waals surface area contributed by atoms with Crippen LogP contribution in [0, 0.1) is 6.92 Å². The predicted molar refractivity (Wildman–Crippen MR) is 152 cm³/mol. The van der Waals surface area contributed by atoms with Crippen LogP contribution in [-0.2, 0) is 22.4 Å². The number of aliphatic carboxylic acids is 1. The maximum absolute atomic E-state index is 12.9. The molecule has 0 saturated carbocycles. The number of furan rings is 1. The van der Waals surface area contributed by atoms with Crippen LogP contribution in [0.25, 0.3) is 44.0 Å². The topological polar surface area (TPSA) is 126 Å². The highest BCUT2D eigenvalue weighted by Gasteiger charge is 2.23. The highest BCUT2D eigenvalue weighted by Crippen LogP contribution is 2.34. The first-order valence-electron chi connectivity index (χ1n) is 13.0. The number of carbonyl (C=O) groups is 2. The highest BCUT2D eigenvalue weighted by molar-refractivity contribution is 6.02. The standard InChI is InChI=1S/C32H26N2O6/c1-18-21(11-12-30(35)34-27(31(36)37)13-20-16-33-26-10-6-5-9-22(20)26)32(38)40-29-15-28-24(14-23(18)29)25(17-39-28)19-7-3-2-4-8-19/h2-10,14-17,27,33H,11-13H2,1H3,(H,34,35)(H,36,37). The molecule has 0 fully saturated rings. The maximum Gasteiger partial charge on any atom is 0.339 e. The molecule has 0 radical (unpaired) electrons. The zero-order valence-electron chi connectivity index (χ0n) is 21.7. The molecule has 3 aromatic carbocycles. The summed E-state index contributed by atoms with van der Waals surface area (Å²) in [6, 6.07) is 20.0. The van der Waals surface area contributed by atoms with Crippen LogP contribution >= 0.6 is 0 Å². The molecule has 8 nitrogen and oxygen atoms in total. The number of nitrogens with one attached hydrogen (secondary N) is 2. The number of para-hydroxylation sites is 1. The Morgan fingerprint density at radius 2 is 1.75 bits per heavy atom. The lowest BCUT2D eigenvalue weighted by atomic mass is 9.98. The van der Waals surface area contributed by atoms with E-state index in [9.17, 15) is 19.5 Å². The van der Waals surface area contributed by atoms with Gasteiger partial charge >= 0.3 is 11.6 Å². The van der Waals surface area contributed by atoms with Crippen molar-refractivity contribution in [3.05, 3.63) is 106 Å². The lowest BCUT2D eigenvalue weighted by molar-refractivity contribution is -0.141. The molecule has 200 valence electrons. The normalized spacial score (nSPS) is 12.2. The van der Waals surface area contributed by atoms with Crippen molar-refractivity contribution in [2.24, 2.45) is 0 Å². The molecule has 3 heterocycles. The van der Waals surface area contributed by atoms with E-state index < -0.39 is 23.5 Å². The van der Waals surface area contributed by atoms with Crippen molar-refractivity contribution in [1.82, 2.24) is 10.3 Å². The number of amides is 1. The summed E-state index contributed by atoms with van der Waals surface area (Å²) in [6.07, 6.45) is 3.64. The van der Waals surface area contributed by atoms with Crippen LogP contribution in [0.4, 0.5) is 0 Å². The molecule has 40 heavy (non-hydrogen) atoms. The Hall–Kier alpha value is -5.11. The van der Waals surface area contributed by atoms with Gasteiger partial charge in [0.2, 0.25) is 5.91 Å². The van der Waals surface area contributed by atoms with Gasteiger partial charge in [-0.1, -0.05) is 48.5 Å². The van der Waals surface area contributed by atoms with Gasteiger partial charge in [-0.2, -0.15) is 0 Å². The largest absolute Gasteiger partial charge is 0.480 e. The number of aromatic nitrogens is 1. The number of carboxylic acids is 1. The van der Waals surface area contributed by atoms with Crippen molar-refractivity contribution in [3.8, 4) is 11.1 Å². The lowest BCUT2D eigenvalue weighted by Gasteiger charge is -2.14. The zero-order chi connectivity index (χ0) is 27.8. The summed E-state index contributed by atoms with van der Waals surface area (Å²) < 4.78 is 11.4. The minimum Gasteiger partial charge on any atom is -0.480 e. The lowest BCUT2D eigenvalue weighted by Crippen LogP contribution is -2.42. The molecule has 0 aliphatic rings. The third-order valence-electron chi connectivity index (χ3n) is 7.40. The Kier molecular flexibility index (Phi) is 6.43. The summed E-state index contributed by atoms with van der Waals surface area (Å²) in [5.41, 5.74) is 5.22. The van der Waals surface area contributed by atoms with Gasteiger partial charge in [-0.15, -0.1) is 0 Å². The summed E-state index contributed by atoms with van der Waals surface area (Å²) in [4.78, 5) is 40.8. The van der Waals surface area contributed by atoms with E-state index in [2.05, 4.69) is 10.3 Å². The smallest absolute Gasteiger partial charge is 0.339 e. The van der Waals surface area contributed by atoms with Crippen LogP contribution in [0.3, 0.4) is 0 Å². The van der Waals surface area contributed by atoms with E-state index in [1.807, 2.05) is 67.6 Å². The average molecular weight is 535 g/mol. The predicted octanol–water partition coefficient (Wildman–Crippen LogP) is 5.74. The SMILES string of the molecule is Cc1c(CCC(=O)NC(Cc2c[nH]c3ccccc23)C(=O)O)c(=O)oc2cc3occ(-c4ccccc4)c3cc12. The second-order valence-electron chi connectivity index (χ2n) is 9.87. The van der Waals surface area contributed by atoms with Crippen LogP contribution in [-0.4, -0.2) is 28.0 Å². The second kappa shape index (κ2) is 10.2. The van der Waals surface area contributed by atoms with Gasteiger partial charge in [-0.3, -0.25) is 4.79 Å². The van der Waals surface area contributed by atoms with Crippen LogP contribution < -0.4 is 10.9 Å². The first-order valence-corrected chi connectivity index (χ1v) is 13.0. The van der Waals surface area contributed by atoms with Gasteiger partial charge in [0.05, 0.1) is 6.26 Å². The Morgan fingerprint density at radius 3 is 2.55 bits per heavy atom. The van der Waals surface area contributed by atoms with E-state index in [0.717, 1.165) is 43.9 Å². The fraction of sp³-hybridized carbons (Fsp3) is 0.156. The molecule has 8 heteroatoms. The van der Waals surface area contributed by atoms with E-state index >= 15 is 0 Å². The molecule has 1 atom stereocenters. The third-order valence-corrected chi connectivity index (χ3v) is 7.40. The molecular weight excluding hydrogens is 508 g/mol. The molecule has 0 aliphatic heterocycles. The molecular formula is C32H26N2O6. The maximum atomic E-state index is 12.9. The van der Waals surface area contributed by atoms with Crippen LogP contribution in [0.1, 0.15) is 23.1 Å². The molecule has 0 saturated heterocycles.